The van der Waals surface area contributed by atoms with Gasteiger partial charge >= 0.3 is 12.1 Å². The van der Waals surface area contributed by atoms with Gasteiger partial charge in [0, 0.05) is 46.1 Å². The number of ether oxygens (including phenoxy) is 1. The van der Waals surface area contributed by atoms with Crippen LogP contribution in [0.15, 0.2) is 18.6 Å². The van der Waals surface area contributed by atoms with Crippen molar-refractivity contribution in [2.45, 2.75) is 18.3 Å². The maximum atomic E-state index is 12.5. The van der Waals surface area contributed by atoms with Gasteiger partial charge in [0.25, 0.3) is 5.91 Å². The second-order valence-electron chi connectivity index (χ2n) is 6.84. The molecule has 0 saturated carbocycles. The first kappa shape index (κ1) is 23.5. The lowest BCUT2D eigenvalue weighted by Crippen LogP contribution is -2.53. The zero-order valence-electron chi connectivity index (χ0n) is 16.4. The second-order valence-corrected chi connectivity index (χ2v) is 6.84. The normalized spacial score (nSPS) is 21.3. The minimum absolute atomic E-state index is 0.0493. The zero-order chi connectivity index (χ0) is 22.5. The number of alkyl halides is 3. The van der Waals surface area contributed by atoms with E-state index in [1.54, 1.807) is 23.9 Å². The number of carboxylic acid groups (broad SMARTS) is 1. The second kappa shape index (κ2) is 9.80. The summed E-state index contributed by atoms with van der Waals surface area (Å²) in [5, 5.41) is 7.12. The van der Waals surface area contributed by atoms with Crippen LogP contribution in [0.3, 0.4) is 0 Å². The van der Waals surface area contributed by atoms with Crippen LogP contribution >= 0.6 is 0 Å². The molecule has 3 rings (SSSR count). The molecule has 0 unspecified atom stereocenters. The summed E-state index contributed by atoms with van der Waals surface area (Å²) in [7, 11) is 3.50. The minimum Gasteiger partial charge on any atom is -0.475 e. The van der Waals surface area contributed by atoms with Crippen LogP contribution in [0.2, 0.25) is 0 Å². The summed E-state index contributed by atoms with van der Waals surface area (Å²) in [5.74, 6) is -2.84. The fourth-order valence-electron chi connectivity index (χ4n) is 3.01. The van der Waals surface area contributed by atoms with Crippen LogP contribution in [-0.4, -0.2) is 113 Å². The van der Waals surface area contributed by atoms with Crippen LogP contribution in [0.1, 0.15) is 10.5 Å². The number of likely N-dealkylation sites (tertiary alicyclic amines) is 1. The van der Waals surface area contributed by atoms with Crippen molar-refractivity contribution in [1.82, 2.24) is 24.7 Å². The van der Waals surface area contributed by atoms with Crippen LogP contribution in [0.5, 0.6) is 0 Å². The van der Waals surface area contributed by atoms with E-state index in [4.69, 9.17) is 14.6 Å². The van der Waals surface area contributed by atoms with Gasteiger partial charge < -0.3 is 19.6 Å². The lowest BCUT2D eigenvalue weighted by Gasteiger charge is -2.36. The molecule has 1 aromatic heterocycles. The van der Waals surface area contributed by atoms with Gasteiger partial charge in [0.05, 0.1) is 31.5 Å². The third kappa shape index (κ3) is 6.10. The van der Waals surface area contributed by atoms with Crippen molar-refractivity contribution in [3.05, 3.63) is 24.3 Å². The summed E-state index contributed by atoms with van der Waals surface area (Å²) in [4.78, 5) is 46.8. The Kier molecular flexibility index (Phi) is 7.67. The number of nitrogens with zero attached hydrogens (tertiary/aromatic N) is 5. The van der Waals surface area contributed by atoms with E-state index in [1.165, 1.54) is 18.6 Å². The molecular weight excluding hydrogens is 411 g/mol. The molecule has 30 heavy (non-hydrogen) atoms. The maximum absolute atomic E-state index is 12.5. The van der Waals surface area contributed by atoms with Crippen molar-refractivity contribution in [3.8, 4) is 0 Å². The highest BCUT2D eigenvalue weighted by molar-refractivity contribution is 5.92. The number of likely N-dealkylation sites (N-methyl/N-ethyl adjacent to an activating group) is 1. The summed E-state index contributed by atoms with van der Waals surface area (Å²) in [5.41, 5.74) is 0.335. The average molecular weight is 433 g/mol. The van der Waals surface area contributed by atoms with Crippen molar-refractivity contribution >= 4 is 17.8 Å². The molecule has 0 bridgehead atoms. The molecule has 2 aliphatic heterocycles. The molecule has 1 N–H and O–H groups in total. The number of hydrogen-bond donors (Lipinski definition) is 1. The monoisotopic (exact) mass is 433 g/mol. The van der Waals surface area contributed by atoms with Crippen LogP contribution in [-0.2, 0) is 14.3 Å². The summed E-state index contributed by atoms with van der Waals surface area (Å²) in [6, 6.07) is 0.0493. The van der Waals surface area contributed by atoms with Gasteiger partial charge in [0.15, 0.2) is 0 Å². The highest BCUT2D eigenvalue weighted by Gasteiger charge is 2.42. The van der Waals surface area contributed by atoms with Crippen LogP contribution in [0, 0.1) is 0 Å². The molecule has 2 amide bonds. The number of rotatable bonds is 3. The van der Waals surface area contributed by atoms with E-state index >= 15 is 0 Å². The van der Waals surface area contributed by atoms with Gasteiger partial charge in [-0.1, -0.05) is 0 Å². The first-order valence-electron chi connectivity index (χ1n) is 8.92. The lowest BCUT2D eigenvalue weighted by molar-refractivity contribution is -0.192. The van der Waals surface area contributed by atoms with E-state index in [0.29, 0.717) is 38.5 Å². The Morgan fingerprint density at radius 3 is 2.47 bits per heavy atom. The Morgan fingerprint density at radius 2 is 1.93 bits per heavy atom. The first-order valence-corrected chi connectivity index (χ1v) is 8.92. The van der Waals surface area contributed by atoms with E-state index in [-0.39, 0.29) is 24.0 Å². The number of carboxylic acids is 1. The van der Waals surface area contributed by atoms with E-state index in [1.807, 2.05) is 0 Å². The Hall–Kier alpha value is -2.80. The van der Waals surface area contributed by atoms with Gasteiger partial charge in [-0.3, -0.25) is 19.5 Å². The minimum atomic E-state index is -5.08. The van der Waals surface area contributed by atoms with Crippen molar-refractivity contribution < 1.29 is 37.4 Å². The fourth-order valence-corrected chi connectivity index (χ4v) is 3.01. The summed E-state index contributed by atoms with van der Waals surface area (Å²) >= 11 is 0. The van der Waals surface area contributed by atoms with Crippen LogP contribution < -0.4 is 0 Å². The van der Waals surface area contributed by atoms with Gasteiger partial charge in [0.2, 0.25) is 5.91 Å². The molecule has 2 atom stereocenters. The van der Waals surface area contributed by atoms with Crippen LogP contribution in [0.25, 0.3) is 0 Å². The highest BCUT2D eigenvalue weighted by atomic mass is 19.4. The summed E-state index contributed by atoms with van der Waals surface area (Å²) in [6.45, 7) is 2.70. The molecule has 2 aliphatic rings. The molecule has 10 nitrogen and oxygen atoms in total. The van der Waals surface area contributed by atoms with Crippen molar-refractivity contribution in [1.29, 1.82) is 0 Å². The highest BCUT2D eigenvalue weighted by Crippen LogP contribution is 2.24. The largest absolute Gasteiger partial charge is 0.490 e. The van der Waals surface area contributed by atoms with Gasteiger partial charge in [-0.15, -0.1) is 0 Å². The average Bonchev–Trinajstić information content (AvgIpc) is 3.13. The number of fused-ring (bicyclic) bond motifs is 1. The van der Waals surface area contributed by atoms with Crippen molar-refractivity contribution in [3.63, 3.8) is 0 Å². The molecule has 2 fully saturated rings. The van der Waals surface area contributed by atoms with E-state index in [0.717, 1.165) is 0 Å². The lowest BCUT2D eigenvalue weighted by atomic mass is 10.1. The molecule has 0 radical (unpaired) electrons. The molecule has 0 aromatic carbocycles. The smallest absolute Gasteiger partial charge is 0.475 e. The molecule has 2 saturated heterocycles. The number of carbonyl (C=O) groups excluding carboxylic acids is 2. The molecule has 166 valence electrons. The third-order valence-corrected chi connectivity index (χ3v) is 4.57. The number of amides is 2. The molecular formula is C17H22F3N5O5. The van der Waals surface area contributed by atoms with E-state index in [2.05, 4.69) is 14.9 Å². The zero-order valence-corrected chi connectivity index (χ0v) is 16.4. The standard InChI is InChI=1S/C15H21N5O3.C2HF3O2/c1-18(2)14(21)10-19-5-6-23-13-9-20(8-12(13)19)15(22)11-7-16-3-4-17-11;3-2(4,5)1(6)7/h3-4,7,12-13H,5-6,8-10H2,1-2H3;(H,6,7)/t12-,13+;/m1./s1. The van der Waals surface area contributed by atoms with Gasteiger partial charge in [-0.05, 0) is 0 Å². The Balaban J connectivity index is 0.000000396. The molecule has 13 heteroatoms. The van der Waals surface area contributed by atoms with Gasteiger partial charge in [0.1, 0.15) is 5.69 Å². The van der Waals surface area contributed by atoms with E-state index in [9.17, 15) is 22.8 Å². The molecule has 0 aliphatic carbocycles. The Labute approximate surface area is 170 Å². The molecule has 1 aromatic rings. The van der Waals surface area contributed by atoms with E-state index < -0.39 is 12.1 Å². The SMILES string of the molecule is CN(C)C(=O)CN1CCO[C@H]2CN(C(=O)c3cnccn3)C[C@H]21.O=C(O)C(F)(F)F. The quantitative estimate of drug-likeness (QED) is 0.692. The van der Waals surface area contributed by atoms with Crippen molar-refractivity contribution in [2.75, 3.05) is 46.9 Å². The van der Waals surface area contributed by atoms with Gasteiger partial charge in [-0.25, -0.2) is 9.78 Å². The third-order valence-electron chi connectivity index (χ3n) is 4.57. The number of aliphatic carboxylic acids is 1. The molecule has 3 heterocycles. The fraction of sp³-hybridized carbons (Fsp3) is 0.588. The Morgan fingerprint density at radius 1 is 1.27 bits per heavy atom. The van der Waals surface area contributed by atoms with Crippen molar-refractivity contribution in [2.24, 2.45) is 0 Å². The number of halogens is 3. The summed E-state index contributed by atoms with van der Waals surface area (Å²) < 4.78 is 37.5. The maximum Gasteiger partial charge on any atom is 0.490 e. The predicted molar refractivity (Wildman–Crippen MR) is 95.4 cm³/mol. The number of carbonyl (C=O) groups is 3. The van der Waals surface area contributed by atoms with Gasteiger partial charge in [-0.2, -0.15) is 13.2 Å². The summed E-state index contributed by atoms with van der Waals surface area (Å²) in [6.07, 6.45) is -0.620. The number of aromatic nitrogens is 2. The first-order chi connectivity index (χ1) is 14.0. The topological polar surface area (TPSA) is 116 Å². The number of morpholine rings is 1. The predicted octanol–water partition coefficient (Wildman–Crippen LogP) is -0.277. The Bertz CT molecular complexity index is 762. The number of hydrogen-bond acceptors (Lipinski definition) is 7. The van der Waals surface area contributed by atoms with Crippen LogP contribution in [0.4, 0.5) is 13.2 Å². The molecule has 0 spiro atoms.